The summed E-state index contributed by atoms with van der Waals surface area (Å²) < 4.78 is 45.4. The van der Waals surface area contributed by atoms with Crippen LogP contribution in [0, 0.1) is 10.2 Å². The van der Waals surface area contributed by atoms with Crippen LogP contribution in [0.2, 0.25) is 0 Å². The van der Waals surface area contributed by atoms with E-state index in [-0.39, 0.29) is 0 Å². The predicted octanol–water partition coefficient (Wildman–Crippen LogP) is -1.59. The van der Waals surface area contributed by atoms with Crippen molar-refractivity contribution < 1.29 is 33.6 Å². The van der Waals surface area contributed by atoms with Crippen LogP contribution in [0.25, 0.3) is 10.6 Å². The Kier molecular flexibility index (Phi) is 5.82. The van der Waals surface area contributed by atoms with Crippen LogP contribution < -0.4 is 23.4 Å². The molecular weight excluding hydrogens is 302 g/mol. The zero-order valence-corrected chi connectivity index (χ0v) is 11.5. The van der Waals surface area contributed by atoms with E-state index in [1.54, 1.807) is 18.4 Å². The molecule has 98 valence electrons. The van der Waals surface area contributed by atoms with Crippen molar-refractivity contribution in [3.05, 3.63) is 29.0 Å². The molecule has 0 aliphatic carbocycles. The van der Waals surface area contributed by atoms with Gasteiger partial charge in [-0.15, -0.1) is 10.2 Å². The molecule has 6 nitrogen and oxygen atoms in total. The van der Waals surface area contributed by atoms with Crippen molar-refractivity contribution in [3.63, 3.8) is 0 Å². The molecule has 1 aromatic carbocycles. The van der Waals surface area contributed by atoms with Crippen molar-refractivity contribution >= 4 is 22.9 Å². The van der Waals surface area contributed by atoms with Gasteiger partial charge in [0.15, 0.2) is 0 Å². The summed E-state index contributed by atoms with van der Waals surface area (Å²) in [6, 6.07) is 7.93. The first-order valence-electron chi connectivity index (χ1n) is 4.38. The molecule has 0 fully saturated rings. The number of hydrogen-bond acceptors (Lipinski definition) is 7. The van der Waals surface area contributed by atoms with E-state index >= 15 is 0 Å². The first-order chi connectivity index (χ1) is 8.40. The van der Waals surface area contributed by atoms with E-state index in [9.17, 15) is 0 Å². The summed E-state index contributed by atoms with van der Waals surface area (Å²) in [7, 11) is -3.27. The third-order valence-electron chi connectivity index (χ3n) is 1.66. The third kappa shape index (κ3) is 6.17. The Morgan fingerprint density at radius 1 is 1.28 bits per heavy atom. The zero-order valence-electron chi connectivity index (χ0n) is 9.07. The lowest BCUT2D eigenvalue weighted by molar-refractivity contribution is -2.00. The van der Waals surface area contributed by atoms with E-state index in [2.05, 4.69) is 4.37 Å². The summed E-state index contributed by atoms with van der Waals surface area (Å²) in [5, 5.41) is 1.05. The lowest BCUT2D eigenvalue weighted by atomic mass is 10.2. The van der Waals surface area contributed by atoms with Gasteiger partial charge in [0.25, 0.3) is 9.70 Å². The van der Waals surface area contributed by atoms with Gasteiger partial charge in [0.05, 0.1) is 7.11 Å². The molecule has 0 saturated carbocycles. The summed E-state index contributed by atoms with van der Waals surface area (Å²) in [5.74, 6) is 0.873. The molecule has 0 amide bonds. The maximum Gasteiger partial charge on any atom is 0.268 e. The highest BCUT2D eigenvalue weighted by Gasteiger charge is 2.09. The van der Waals surface area contributed by atoms with Gasteiger partial charge in [0.1, 0.15) is 17.1 Å². The lowest BCUT2D eigenvalue weighted by Crippen LogP contribution is -2.68. The fourth-order valence-electron chi connectivity index (χ4n) is 1.03. The minimum absolute atomic E-state index is 0.873. The second-order valence-corrected chi connectivity index (χ2v) is 5.37. The molecule has 0 bridgehead atoms. The maximum atomic E-state index is 8.49. The number of halogens is 1. The van der Waals surface area contributed by atoms with E-state index in [1.807, 2.05) is 29.0 Å². The molecule has 0 spiro atoms. The Labute approximate surface area is 113 Å². The molecule has 9 heteroatoms. The van der Waals surface area contributed by atoms with Gasteiger partial charge in [-0.2, -0.15) is 0 Å². The van der Waals surface area contributed by atoms with Crippen LogP contribution in [0.5, 0.6) is 5.75 Å². The van der Waals surface area contributed by atoms with Crippen LogP contribution in [0.15, 0.2) is 29.0 Å². The molecule has 18 heavy (non-hydrogen) atoms. The zero-order chi connectivity index (χ0) is 13.6. The minimum Gasteiger partial charge on any atom is -0.497 e. The van der Waals surface area contributed by atoms with Crippen LogP contribution >= 0.6 is 22.9 Å². The smallest absolute Gasteiger partial charge is 0.268 e. The van der Waals surface area contributed by atoms with Gasteiger partial charge in [-0.05, 0) is 22.6 Å². The fraction of sp³-hybridized carbons (Fsp3) is 0.111. The van der Waals surface area contributed by atoms with Gasteiger partial charge in [-0.25, -0.2) is 18.6 Å². The molecule has 0 atom stereocenters. The standard InChI is InChI=1S/C9H8NOS2.ClHO4/c1-11-8-4-2-3-7(5-8)9-10-13-6-12-9;2-1(3,4)5/h2-6H,1H3;(H,2,3,4,5)/q+1;/p-1. The first kappa shape index (κ1) is 15.2. The minimum atomic E-state index is -4.94. The Balaban J connectivity index is 0.000000280. The summed E-state index contributed by atoms with van der Waals surface area (Å²) in [6.45, 7) is 0. The number of nitrogens with zero attached hydrogens (tertiary/aromatic N) is 1. The van der Waals surface area contributed by atoms with Crippen molar-refractivity contribution in [1.29, 1.82) is 0 Å². The van der Waals surface area contributed by atoms with E-state index in [0.29, 0.717) is 0 Å². The molecule has 0 unspecified atom stereocenters. The molecule has 0 saturated heterocycles. The number of methoxy groups -OCH3 is 1. The summed E-state index contributed by atoms with van der Waals surface area (Å²) >= 11 is 3.12. The average molecular weight is 310 g/mol. The van der Waals surface area contributed by atoms with Crippen molar-refractivity contribution in [2.75, 3.05) is 7.11 Å². The maximum absolute atomic E-state index is 8.49. The highest BCUT2D eigenvalue weighted by atomic mass is 35.7. The van der Waals surface area contributed by atoms with Crippen molar-refractivity contribution in [2.45, 2.75) is 0 Å². The largest absolute Gasteiger partial charge is 0.497 e. The third-order valence-corrected chi connectivity index (χ3v) is 3.34. The second-order valence-electron chi connectivity index (χ2n) is 2.83. The van der Waals surface area contributed by atoms with Crippen LogP contribution in [0.3, 0.4) is 0 Å². The van der Waals surface area contributed by atoms with Crippen molar-refractivity contribution in [3.8, 4) is 16.3 Å². The number of rotatable bonds is 2. The Morgan fingerprint density at radius 3 is 2.44 bits per heavy atom. The SMILES string of the molecule is COc1cccc(-c2nsc[s+]2)c1.[O-][Cl+3]([O-])([O-])[O-]. The Morgan fingerprint density at radius 2 is 1.94 bits per heavy atom. The van der Waals surface area contributed by atoms with E-state index in [0.717, 1.165) is 16.3 Å². The van der Waals surface area contributed by atoms with E-state index in [1.165, 1.54) is 11.5 Å². The highest BCUT2D eigenvalue weighted by molar-refractivity contribution is 7.26. The van der Waals surface area contributed by atoms with E-state index < -0.39 is 10.2 Å². The normalized spacial score (nSPS) is 10.5. The number of benzene rings is 1. The summed E-state index contributed by atoms with van der Waals surface area (Å²) in [6.07, 6.45) is 0. The molecular formula is C9H8ClNO5S2. The Hall–Kier alpha value is -0.870. The molecule has 2 aromatic rings. The van der Waals surface area contributed by atoms with Crippen molar-refractivity contribution in [1.82, 2.24) is 4.37 Å². The van der Waals surface area contributed by atoms with Gasteiger partial charge >= 0.3 is 0 Å². The number of aromatic nitrogens is 1. The van der Waals surface area contributed by atoms with Gasteiger partial charge in [0.2, 0.25) is 11.5 Å². The Bertz CT molecular complexity index is 468. The lowest BCUT2D eigenvalue weighted by Gasteiger charge is -2.17. The summed E-state index contributed by atoms with van der Waals surface area (Å²) in [5.41, 5.74) is 1.12. The van der Waals surface area contributed by atoms with Crippen LogP contribution in [0.4, 0.5) is 0 Å². The van der Waals surface area contributed by atoms with Gasteiger partial charge in [-0.3, -0.25) is 0 Å². The predicted molar refractivity (Wildman–Crippen MR) is 56.4 cm³/mol. The summed E-state index contributed by atoms with van der Waals surface area (Å²) in [4.78, 5) is 0. The monoisotopic (exact) mass is 309 g/mol. The van der Waals surface area contributed by atoms with Crippen molar-refractivity contribution in [2.24, 2.45) is 0 Å². The topological polar surface area (TPSA) is 114 Å². The van der Waals surface area contributed by atoms with Crippen LogP contribution in [-0.2, 0) is 0 Å². The average Bonchev–Trinajstić information content (AvgIpc) is 2.80. The van der Waals surface area contributed by atoms with E-state index in [4.69, 9.17) is 23.4 Å². The molecule has 0 radical (unpaired) electrons. The molecule has 0 aliphatic rings. The van der Waals surface area contributed by atoms with Crippen LogP contribution in [-0.4, -0.2) is 11.5 Å². The number of ether oxygens (including phenoxy) is 1. The molecule has 1 aromatic heterocycles. The molecule has 0 N–H and O–H groups in total. The number of hydrogen-bond donors (Lipinski definition) is 0. The molecule has 0 aliphatic heterocycles. The van der Waals surface area contributed by atoms with Gasteiger partial charge in [0, 0.05) is 5.56 Å². The quantitative estimate of drug-likeness (QED) is 0.617. The molecule has 1 heterocycles. The van der Waals surface area contributed by atoms with Gasteiger partial charge in [-0.1, -0.05) is 6.07 Å². The van der Waals surface area contributed by atoms with Gasteiger partial charge < -0.3 is 4.74 Å². The second kappa shape index (κ2) is 6.90. The van der Waals surface area contributed by atoms with Crippen LogP contribution in [0.1, 0.15) is 0 Å². The first-order valence-corrected chi connectivity index (χ1v) is 7.33. The molecule has 2 rings (SSSR count). The fourth-order valence-corrected chi connectivity index (χ4v) is 2.51. The highest BCUT2D eigenvalue weighted by Crippen LogP contribution is 2.26.